The summed E-state index contributed by atoms with van der Waals surface area (Å²) in [4.78, 5) is 20.2. The number of nitrogens with one attached hydrogen (secondary N) is 1. The highest BCUT2D eigenvalue weighted by atomic mass is 32.2. The van der Waals surface area contributed by atoms with Gasteiger partial charge in [-0.2, -0.15) is 0 Å². The fourth-order valence-corrected chi connectivity index (χ4v) is 2.54. The zero-order valence-corrected chi connectivity index (χ0v) is 10.2. The first-order valence-electron chi connectivity index (χ1n) is 5.42. The van der Waals surface area contributed by atoms with Gasteiger partial charge in [0.05, 0.1) is 15.9 Å². The van der Waals surface area contributed by atoms with E-state index in [9.17, 15) is 20.2 Å². The molecule has 1 N–H and O–H groups in total. The van der Waals surface area contributed by atoms with E-state index in [2.05, 4.69) is 4.72 Å². The average molecular weight is 269 g/mol. The maximum atomic E-state index is 10.9. The van der Waals surface area contributed by atoms with Crippen LogP contribution < -0.4 is 4.72 Å². The van der Waals surface area contributed by atoms with Crippen molar-refractivity contribution in [1.29, 1.82) is 0 Å². The third-order valence-electron chi connectivity index (χ3n) is 2.78. The number of anilines is 1. The molecule has 7 nitrogen and oxygen atoms in total. The van der Waals surface area contributed by atoms with E-state index in [1.54, 1.807) is 0 Å². The summed E-state index contributed by atoms with van der Waals surface area (Å²) in [5.41, 5.74) is -0.237. The van der Waals surface area contributed by atoms with E-state index >= 15 is 0 Å². The van der Waals surface area contributed by atoms with Crippen molar-refractivity contribution < 1.29 is 9.85 Å². The summed E-state index contributed by atoms with van der Waals surface area (Å²) < 4.78 is 2.92. The summed E-state index contributed by atoms with van der Waals surface area (Å²) in [6.07, 6.45) is 3.37. The second-order valence-electron chi connectivity index (χ2n) is 3.99. The monoisotopic (exact) mass is 269 g/mol. The minimum absolute atomic E-state index is 0.268. The van der Waals surface area contributed by atoms with Gasteiger partial charge in [0.25, 0.3) is 11.4 Å². The Hall–Kier alpha value is -1.83. The van der Waals surface area contributed by atoms with Gasteiger partial charge in [-0.15, -0.1) is 0 Å². The predicted molar refractivity (Wildman–Crippen MR) is 68.6 cm³/mol. The molecule has 0 bridgehead atoms. The van der Waals surface area contributed by atoms with Crippen LogP contribution in [0.25, 0.3) is 0 Å². The van der Waals surface area contributed by atoms with Gasteiger partial charge in [-0.25, -0.2) is 0 Å². The van der Waals surface area contributed by atoms with Crippen LogP contribution in [0.15, 0.2) is 18.2 Å². The highest BCUT2D eigenvalue weighted by Gasteiger charge is 2.22. The molecular formula is C10H11N3O4S. The molecule has 96 valence electrons. The molecule has 1 aliphatic rings. The zero-order valence-electron chi connectivity index (χ0n) is 9.37. The Bertz CT molecular complexity index is 490. The summed E-state index contributed by atoms with van der Waals surface area (Å²) in [7, 11) is 0. The highest BCUT2D eigenvalue weighted by molar-refractivity contribution is 8.01. The molecule has 0 heterocycles. The number of non-ortho nitro benzene ring substituents is 1. The summed E-state index contributed by atoms with van der Waals surface area (Å²) in [5, 5.41) is 21.9. The molecule has 1 aliphatic carbocycles. The fraction of sp³-hybridized carbons (Fsp3) is 0.400. The highest BCUT2D eigenvalue weighted by Crippen LogP contribution is 2.35. The summed E-state index contributed by atoms with van der Waals surface area (Å²) in [5.74, 6) is 0. The molecule has 0 unspecified atom stereocenters. The minimum atomic E-state index is -0.643. The van der Waals surface area contributed by atoms with Gasteiger partial charge in [0.2, 0.25) is 0 Å². The summed E-state index contributed by atoms with van der Waals surface area (Å²) >= 11 is 1.44. The molecule has 0 radical (unpaired) electrons. The van der Waals surface area contributed by atoms with Crippen molar-refractivity contribution in [2.24, 2.45) is 0 Å². The van der Waals surface area contributed by atoms with Crippen LogP contribution in [0.1, 0.15) is 19.3 Å². The Morgan fingerprint density at radius 1 is 1.22 bits per heavy atom. The number of nitro groups is 2. The standard InChI is InChI=1S/C10H11N3O4S/c14-12(15)7-4-5-9(10(6-7)13(16)17)11-18-8-2-1-3-8/h4-6,8,11H,1-3H2. The second kappa shape index (κ2) is 5.21. The van der Waals surface area contributed by atoms with Crippen molar-refractivity contribution in [3.8, 4) is 0 Å². The molecule has 0 spiro atoms. The number of hydrogen-bond donors (Lipinski definition) is 1. The van der Waals surface area contributed by atoms with Crippen molar-refractivity contribution >= 4 is 29.0 Å². The maximum Gasteiger partial charge on any atom is 0.300 e. The van der Waals surface area contributed by atoms with Crippen LogP contribution in [0.4, 0.5) is 17.1 Å². The average Bonchev–Trinajstić information content (AvgIpc) is 2.26. The van der Waals surface area contributed by atoms with Crippen LogP contribution in [0, 0.1) is 20.2 Å². The molecule has 1 saturated carbocycles. The molecule has 0 atom stereocenters. The number of nitro benzene ring substituents is 2. The van der Waals surface area contributed by atoms with E-state index in [4.69, 9.17) is 0 Å². The van der Waals surface area contributed by atoms with Gasteiger partial charge in [-0.3, -0.25) is 20.2 Å². The van der Waals surface area contributed by atoms with Crippen LogP contribution in [0.5, 0.6) is 0 Å². The Labute approximate surface area is 107 Å². The van der Waals surface area contributed by atoms with Gasteiger partial charge in [-0.05, 0) is 30.9 Å². The molecule has 0 aromatic heterocycles. The molecule has 1 aromatic rings. The van der Waals surface area contributed by atoms with Crippen LogP contribution >= 0.6 is 11.9 Å². The van der Waals surface area contributed by atoms with Gasteiger partial charge in [-0.1, -0.05) is 6.42 Å². The Morgan fingerprint density at radius 3 is 2.44 bits per heavy atom. The van der Waals surface area contributed by atoms with Crippen LogP contribution in [0.2, 0.25) is 0 Å². The van der Waals surface area contributed by atoms with E-state index in [1.807, 2.05) is 0 Å². The molecule has 0 saturated heterocycles. The Morgan fingerprint density at radius 2 is 1.94 bits per heavy atom. The van der Waals surface area contributed by atoms with Gasteiger partial charge in [0.15, 0.2) is 0 Å². The largest absolute Gasteiger partial charge is 0.324 e. The van der Waals surface area contributed by atoms with Crippen molar-refractivity contribution in [2.75, 3.05) is 4.72 Å². The molecule has 0 amide bonds. The van der Waals surface area contributed by atoms with Crippen LogP contribution in [0.3, 0.4) is 0 Å². The van der Waals surface area contributed by atoms with Crippen LogP contribution in [-0.4, -0.2) is 15.1 Å². The van der Waals surface area contributed by atoms with E-state index in [0.717, 1.165) is 18.9 Å². The lowest BCUT2D eigenvalue weighted by atomic mass is 10.0. The fourth-order valence-electron chi connectivity index (χ4n) is 1.51. The normalized spacial score (nSPS) is 14.9. The van der Waals surface area contributed by atoms with E-state index in [1.165, 1.54) is 30.5 Å². The Balaban J connectivity index is 2.16. The quantitative estimate of drug-likeness (QED) is 0.501. The summed E-state index contributed by atoms with van der Waals surface area (Å²) in [6.45, 7) is 0. The lowest BCUT2D eigenvalue weighted by molar-refractivity contribution is -0.393. The molecule has 2 rings (SSSR count). The molecule has 8 heteroatoms. The first-order valence-corrected chi connectivity index (χ1v) is 6.30. The topological polar surface area (TPSA) is 98.3 Å². The van der Waals surface area contributed by atoms with Crippen LogP contribution in [-0.2, 0) is 0 Å². The third-order valence-corrected chi connectivity index (χ3v) is 3.92. The van der Waals surface area contributed by atoms with E-state index < -0.39 is 9.85 Å². The molecule has 1 fully saturated rings. The van der Waals surface area contributed by atoms with Gasteiger partial charge < -0.3 is 4.72 Å². The second-order valence-corrected chi connectivity index (χ2v) is 5.09. The predicted octanol–water partition coefficient (Wildman–Crippen LogP) is 3.12. The van der Waals surface area contributed by atoms with Gasteiger partial charge in [0.1, 0.15) is 5.69 Å². The van der Waals surface area contributed by atoms with E-state index in [0.29, 0.717) is 10.9 Å². The van der Waals surface area contributed by atoms with Gasteiger partial charge >= 0.3 is 0 Å². The third kappa shape index (κ3) is 2.70. The molecule has 18 heavy (non-hydrogen) atoms. The number of hydrogen-bond acceptors (Lipinski definition) is 6. The van der Waals surface area contributed by atoms with Crippen molar-refractivity contribution in [1.82, 2.24) is 0 Å². The van der Waals surface area contributed by atoms with E-state index in [-0.39, 0.29) is 11.4 Å². The number of rotatable bonds is 5. The first kappa shape index (κ1) is 12.6. The zero-order chi connectivity index (χ0) is 13.1. The van der Waals surface area contributed by atoms with Crippen molar-refractivity contribution in [2.45, 2.75) is 24.5 Å². The van der Waals surface area contributed by atoms with Gasteiger partial charge in [0, 0.05) is 11.3 Å². The molecule has 0 aliphatic heterocycles. The molecule has 1 aromatic carbocycles. The lowest BCUT2D eigenvalue weighted by Crippen LogP contribution is -2.15. The number of nitrogens with zero attached hydrogens (tertiary/aromatic N) is 2. The smallest absolute Gasteiger partial charge is 0.300 e. The Kier molecular flexibility index (Phi) is 3.66. The number of benzene rings is 1. The molecular weight excluding hydrogens is 258 g/mol. The van der Waals surface area contributed by atoms with Crippen molar-refractivity contribution in [3.05, 3.63) is 38.4 Å². The SMILES string of the molecule is O=[N+]([O-])c1ccc(NSC2CCC2)c([N+](=O)[O-])c1. The first-order chi connectivity index (χ1) is 8.58. The minimum Gasteiger partial charge on any atom is -0.324 e. The maximum absolute atomic E-state index is 10.9. The van der Waals surface area contributed by atoms with Crippen molar-refractivity contribution in [3.63, 3.8) is 0 Å². The summed E-state index contributed by atoms with van der Waals surface area (Å²) in [6, 6.07) is 3.61. The lowest BCUT2D eigenvalue weighted by Gasteiger charge is -2.24.